The van der Waals surface area contributed by atoms with Crippen molar-refractivity contribution in [3.63, 3.8) is 0 Å². The van der Waals surface area contributed by atoms with Crippen molar-refractivity contribution in [2.45, 2.75) is 37.6 Å². The van der Waals surface area contributed by atoms with Gasteiger partial charge in [0.05, 0.1) is 10.6 Å². The lowest BCUT2D eigenvalue weighted by Gasteiger charge is -2.48. The SMILES string of the molecule is O=C(NCC1(N2CCCCC2)CCOCC1)c1ccncc1Cl. The Balaban J connectivity index is 1.69. The van der Waals surface area contributed by atoms with Gasteiger partial charge in [0.1, 0.15) is 0 Å². The summed E-state index contributed by atoms with van der Waals surface area (Å²) in [6.07, 6.45) is 8.83. The zero-order valence-electron chi connectivity index (χ0n) is 13.4. The van der Waals surface area contributed by atoms with E-state index in [1.807, 2.05) is 0 Å². The molecule has 1 N–H and O–H groups in total. The predicted octanol–water partition coefficient (Wildman–Crippen LogP) is 2.50. The van der Waals surface area contributed by atoms with Gasteiger partial charge in [-0.05, 0) is 44.8 Å². The quantitative estimate of drug-likeness (QED) is 0.917. The summed E-state index contributed by atoms with van der Waals surface area (Å²) in [5.74, 6) is -0.125. The lowest BCUT2D eigenvalue weighted by molar-refractivity contribution is -0.0349. The second kappa shape index (κ2) is 7.60. The zero-order chi connectivity index (χ0) is 16.1. The van der Waals surface area contributed by atoms with Crippen LogP contribution >= 0.6 is 11.6 Å². The summed E-state index contributed by atoms with van der Waals surface area (Å²) in [7, 11) is 0. The number of aromatic nitrogens is 1. The maximum absolute atomic E-state index is 12.5. The van der Waals surface area contributed by atoms with E-state index in [4.69, 9.17) is 16.3 Å². The molecular formula is C17H24ClN3O2. The highest BCUT2D eigenvalue weighted by Crippen LogP contribution is 2.30. The smallest absolute Gasteiger partial charge is 0.252 e. The van der Waals surface area contributed by atoms with Crippen molar-refractivity contribution in [2.75, 3.05) is 32.8 Å². The van der Waals surface area contributed by atoms with Crippen LogP contribution in [0.1, 0.15) is 42.5 Å². The van der Waals surface area contributed by atoms with Crippen LogP contribution in [0.25, 0.3) is 0 Å². The number of halogens is 1. The number of nitrogens with one attached hydrogen (secondary N) is 1. The number of likely N-dealkylation sites (tertiary alicyclic amines) is 1. The van der Waals surface area contributed by atoms with Crippen LogP contribution in [0.3, 0.4) is 0 Å². The molecular weight excluding hydrogens is 314 g/mol. The van der Waals surface area contributed by atoms with Crippen LogP contribution < -0.4 is 5.32 Å². The third kappa shape index (κ3) is 3.84. The molecule has 2 fully saturated rings. The molecule has 0 spiro atoms. The number of ether oxygens (including phenoxy) is 1. The second-order valence-corrected chi connectivity index (χ2v) is 6.83. The molecule has 3 rings (SSSR count). The van der Waals surface area contributed by atoms with E-state index in [1.54, 1.807) is 12.3 Å². The number of carbonyl (C=O) groups is 1. The Morgan fingerprint density at radius 3 is 2.74 bits per heavy atom. The molecule has 2 saturated heterocycles. The first-order valence-corrected chi connectivity index (χ1v) is 8.80. The molecule has 2 aliphatic heterocycles. The maximum atomic E-state index is 12.5. The summed E-state index contributed by atoms with van der Waals surface area (Å²) in [4.78, 5) is 19.0. The Labute approximate surface area is 142 Å². The summed E-state index contributed by atoms with van der Waals surface area (Å²) in [5, 5.41) is 3.49. The monoisotopic (exact) mass is 337 g/mol. The first-order valence-electron chi connectivity index (χ1n) is 8.42. The molecule has 2 aliphatic rings. The summed E-state index contributed by atoms with van der Waals surface area (Å²) >= 11 is 6.07. The number of amides is 1. The highest BCUT2D eigenvalue weighted by atomic mass is 35.5. The van der Waals surface area contributed by atoms with Gasteiger partial charge in [-0.2, -0.15) is 0 Å². The van der Waals surface area contributed by atoms with Crippen LogP contribution in [0.15, 0.2) is 18.5 Å². The molecule has 0 bridgehead atoms. The topological polar surface area (TPSA) is 54.5 Å². The van der Waals surface area contributed by atoms with Crippen LogP contribution in [0.5, 0.6) is 0 Å². The van der Waals surface area contributed by atoms with Gasteiger partial charge in [0, 0.05) is 37.7 Å². The van der Waals surface area contributed by atoms with E-state index in [0.29, 0.717) is 17.1 Å². The molecule has 1 amide bonds. The lowest BCUT2D eigenvalue weighted by Crippen LogP contribution is -2.59. The van der Waals surface area contributed by atoms with Gasteiger partial charge in [-0.25, -0.2) is 0 Å². The number of rotatable bonds is 4. The number of hydrogen-bond acceptors (Lipinski definition) is 4. The predicted molar refractivity (Wildman–Crippen MR) is 89.8 cm³/mol. The van der Waals surface area contributed by atoms with Crippen LogP contribution in [0, 0.1) is 0 Å². The highest BCUT2D eigenvalue weighted by Gasteiger charge is 2.39. The second-order valence-electron chi connectivity index (χ2n) is 6.42. The third-order valence-electron chi connectivity index (χ3n) is 5.05. The molecule has 6 heteroatoms. The summed E-state index contributed by atoms with van der Waals surface area (Å²) < 4.78 is 5.56. The van der Waals surface area contributed by atoms with Gasteiger partial charge in [0.25, 0.3) is 5.91 Å². The first kappa shape index (κ1) is 16.7. The van der Waals surface area contributed by atoms with Gasteiger partial charge in [-0.1, -0.05) is 18.0 Å². The van der Waals surface area contributed by atoms with E-state index >= 15 is 0 Å². The highest BCUT2D eigenvalue weighted by molar-refractivity contribution is 6.33. The fourth-order valence-electron chi connectivity index (χ4n) is 3.62. The average molecular weight is 338 g/mol. The first-order chi connectivity index (χ1) is 11.2. The molecule has 3 heterocycles. The minimum atomic E-state index is -0.125. The Kier molecular flexibility index (Phi) is 5.51. The standard InChI is InChI=1S/C17H24ClN3O2/c18-15-12-19-7-4-14(15)16(22)20-13-17(5-10-23-11-6-17)21-8-2-1-3-9-21/h4,7,12H,1-3,5-6,8-11,13H2,(H,20,22). The number of carbonyl (C=O) groups excluding carboxylic acids is 1. The molecule has 1 aromatic heterocycles. The largest absolute Gasteiger partial charge is 0.381 e. The molecule has 5 nitrogen and oxygen atoms in total. The molecule has 0 saturated carbocycles. The minimum Gasteiger partial charge on any atom is -0.381 e. The maximum Gasteiger partial charge on any atom is 0.252 e. The van der Waals surface area contributed by atoms with Gasteiger partial charge in [0.2, 0.25) is 0 Å². The Bertz CT molecular complexity index is 540. The van der Waals surface area contributed by atoms with Gasteiger partial charge < -0.3 is 10.1 Å². The van der Waals surface area contributed by atoms with Crippen molar-refractivity contribution in [2.24, 2.45) is 0 Å². The number of pyridine rings is 1. The van der Waals surface area contributed by atoms with Crippen molar-refractivity contribution >= 4 is 17.5 Å². The summed E-state index contributed by atoms with van der Waals surface area (Å²) in [5.41, 5.74) is 0.510. The Morgan fingerprint density at radius 1 is 1.30 bits per heavy atom. The molecule has 0 aromatic carbocycles. The molecule has 0 unspecified atom stereocenters. The average Bonchev–Trinajstić information content (AvgIpc) is 2.62. The van der Waals surface area contributed by atoms with Crippen LogP contribution in [-0.4, -0.2) is 54.2 Å². The number of piperidine rings is 1. The molecule has 0 atom stereocenters. The normalized spacial score (nSPS) is 21.8. The van der Waals surface area contributed by atoms with Gasteiger partial charge in [0.15, 0.2) is 0 Å². The van der Waals surface area contributed by atoms with E-state index < -0.39 is 0 Å². The fourth-order valence-corrected chi connectivity index (χ4v) is 3.83. The van der Waals surface area contributed by atoms with E-state index in [1.165, 1.54) is 25.5 Å². The van der Waals surface area contributed by atoms with E-state index in [-0.39, 0.29) is 11.4 Å². The van der Waals surface area contributed by atoms with Crippen molar-refractivity contribution < 1.29 is 9.53 Å². The minimum absolute atomic E-state index is 0.0217. The van der Waals surface area contributed by atoms with E-state index in [0.717, 1.165) is 39.1 Å². The molecule has 1 aromatic rings. The fraction of sp³-hybridized carbons (Fsp3) is 0.647. The third-order valence-corrected chi connectivity index (χ3v) is 5.35. The van der Waals surface area contributed by atoms with Crippen molar-refractivity contribution in [3.05, 3.63) is 29.0 Å². The Morgan fingerprint density at radius 2 is 2.04 bits per heavy atom. The van der Waals surface area contributed by atoms with E-state index in [9.17, 15) is 4.79 Å². The molecule has 0 aliphatic carbocycles. The van der Waals surface area contributed by atoms with Crippen molar-refractivity contribution in [1.29, 1.82) is 0 Å². The zero-order valence-corrected chi connectivity index (χ0v) is 14.1. The van der Waals surface area contributed by atoms with Gasteiger partial charge in [-0.15, -0.1) is 0 Å². The summed E-state index contributed by atoms with van der Waals surface area (Å²) in [6, 6.07) is 1.66. The Hall–Kier alpha value is -1.17. The van der Waals surface area contributed by atoms with Crippen LogP contribution in [0.2, 0.25) is 5.02 Å². The van der Waals surface area contributed by atoms with E-state index in [2.05, 4.69) is 15.2 Å². The number of nitrogens with zero attached hydrogens (tertiary/aromatic N) is 2. The lowest BCUT2D eigenvalue weighted by atomic mass is 9.86. The number of hydrogen-bond donors (Lipinski definition) is 1. The molecule has 126 valence electrons. The summed E-state index contributed by atoms with van der Waals surface area (Å²) in [6.45, 7) is 4.41. The van der Waals surface area contributed by atoms with Crippen molar-refractivity contribution in [3.8, 4) is 0 Å². The van der Waals surface area contributed by atoms with Crippen LogP contribution in [0.4, 0.5) is 0 Å². The van der Waals surface area contributed by atoms with Gasteiger partial charge in [-0.3, -0.25) is 14.7 Å². The van der Waals surface area contributed by atoms with Crippen molar-refractivity contribution in [1.82, 2.24) is 15.2 Å². The molecule has 0 radical (unpaired) electrons. The molecule has 23 heavy (non-hydrogen) atoms. The van der Waals surface area contributed by atoms with Gasteiger partial charge >= 0.3 is 0 Å². The van der Waals surface area contributed by atoms with Crippen LogP contribution in [-0.2, 0) is 4.74 Å².